The van der Waals surface area contributed by atoms with E-state index in [4.69, 9.17) is 0 Å². The predicted molar refractivity (Wildman–Crippen MR) is 83.4 cm³/mol. The lowest BCUT2D eigenvalue weighted by molar-refractivity contribution is 0.0947. The van der Waals surface area contributed by atoms with Gasteiger partial charge in [-0.15, -0.1) is 0 Å². The molecule has 0 saturated carbocycles. The summed E-state index contributed by atoms with van der Waals surface area (Å²) in [5.74, 6) is 0.822. The lowest BCUT2D eigenvalue weighted by Gasteiger charge is -2.28. The Bertz CT molecular complexity index is 664. The summed E-state index contributed by atoms with van der Waals surface area (Å²) in [5.41, 5.74) is 1.75. The van der Waals surface area contributed by atoms with Crippen LogP contribution in [0.5, 0.6) is 0 Å². The summed E-state index contributed by atoms with van der Waals surface area (Å²) in [4.78, 5) is 17.1. The minimum absolute atomic E-state index is 0.278. The Morgan fingerprint density at radius 2 is 1.95 bits per heavy atom. The van der Waals surface area contributed by atoms with Gasteiger partial charge in [0.25, 0.3) is 0 Å². The molecule has 0 aliphatic carbocycles. The van der Waals surface area contributed by atoms with Crippen molar-refractivity contribution in [3.8, 4) is 0 Å². The van der Waals surface area contributed by atoms with Crippen molar-refractivity contribution < 1.29 is 4.79 Å². The van der Waals surface area contributed by atoms with Crippen molar-refractivity contribution in [2.75, 3.05) is 0 Å². The number of hydrogen-bond acceptors (Lipinski definition) is 3. The summed E-state index contributed by atoms with van der Waals surface area (Å²) in [7, 11) is 0. The number of nitrogens with one attached hydrogen (secondary N) is 1. The zero-order valence-corrected chi connectivity index (χ0v) is 12.1. The number of fused-ring (bicyclic) bond motifs is 3. The molecule has 3 heterocycles. The van der Waals surface area contributed by atoms with Gasteiger partial charge in [-0.3, -0.25) is 9.78 Å². The number of carbonyl (C=O) groups is 1. The fourth-order valence-electron chi connectivity index (χ4n) is 4.06. The van der Waals surface area contributed by atoms with Gasteiger partial charge in [0.2, 0.25) is 0 Å². The van der Waals surface area contributed by atoms with Crippen LogP contribution in [0.15, 0.2) is 36.5 Å². The number of pyridine rings is 1. The number of hydrogen-bond donors (Lipinski definition) is 1. The number of piperidine rings is 1. The molecule has 3 nitrogen and oxygen atoms in total. The van der Waals surface area contributed by atoms with Gasteiger partial charge in [-0.25, -0.2) is 0 Å². The van der Waals surface area contributed by atoms with Crippen LogP contribution in [0, 0.1) is 5.92 Å². The van der Waals surface area contributed by atoms with Gasteiger partial charge >= 0.3 is 0 Å². The van der Waals surface area contributed by atoms with E-state index in [1.165, 1.54) is 12.8 Å². The zero-order valence-electron chi connectivity index (χ0n) is 12.1. The Morgan fingerprint density at radius 1 is 1.14 bits per heavy atom. The minimum atomic E-state index is 0.278. The Hall–Kier alpha value is -1.74. The zero-order chi connectivity index (χ0) is 14.2. The second kappa shape index (κ2) is 5.23. The van der Waals surface area contributed by atoms with Gasteiger partial charge in [-0.1, -0.05) is 18.2 Å². The maximum absolute atomic E-state index is 12.7. The first-order chi connectivity index (χ1) is 10.3. The number of Topliss-reactive ketones (excluding diaryl/α,β-unsaturated/α-hetero) is 1. The van der Waals surface area contributed by atoms with E-state index >= 15 is 0 Å². The van der Waals surface area contributed by atoms with E-state index in [1.54, 1.807) is 6.20 Å². The van der Waals surface area contributed by atoms with Crippen LogP contribution in [0.4, 0.5) is 0 Å². The fraction of sp³-hybridized carbons (Fsp3) is 0.444. The van der Waals surface area contributed by atoms with E-state index in [0.717, 1.165) is 29.3 Å². The van der Waals surface area contributed by atoms with E-state index in [0.29, 0.717) is 24.4 Å². The van der Waals surface area contributed by atoms with Crippen LogP contribution in [-0.2, 0) is 0 Å². The van der Waals surface area contributed by atoms with E-state index in [-0.39, 0.29) is 5.78 Å². The van der Waals surface area contributed by atoms with Gasteiger partial charge in [0, 0.05) is 35.7 Å². The molecule has 0 amide bonds. The molecule has 2 unspecified atom stereocenters. The molecular formula is C18H20N2O. The SMILES string of the molecule is O=C(CC1CC2CCC(C1)N2)c1cccc2ncccc12. The third-order valence-electron chi connectivity index (χ3n) is 4.99. The highest BCUT2D eigenvalue weighted by molar-refractivity contribution is 6.07. The van der Waals surface area contributed by atoms with Gasteiger partial charge in [0.05, 0.1) is 5.52 Å². The van der Waals surface area contributed by atoms with Crippen LogP contribution in [0.25, 0.3) is 10.9 Å². The van der Waals surface area contributed by atoms with Gasteiger partial charge < -0.3 is 5.32 Å². The largest absolute Gasteiger partial charge is 0.311 e. The number of rotatable bonds is 3. The highest BCUT2D eigenvalue weighted by Gasteiger charge is 2.34. The Balaban J connectivity index is 1.56. The number of benzene rings is 1. The number of carbonyl (C=O) groups excluding carboxylic acids is 1. The molecule has 1 aromatic carbocycles. The molecule has 108 valence electrons. The van der Waals surface area contributed by atoms with Gasteiger partial charge in [-0.2, -0.15) is 0 Å². The monoisotopic (exact) mass is 280 g/mol. The molecule has 2 saturated heterocycles. The second-order valence-corrected chi connectivity index (χ2v) is 6.48. The van der Waals surface area contributed by atoms with Crippen LogP contribution in [-0.4, -0.2) is 22.9 Å². The molecule has 0 radical (unpaired) electrons. The fourth-order valence-corrected chi connectivity index (χ4v) is 4.06. The van der Waals surface area contributed by atoms with Crippen molar-refractivity contribution in [3.05, 3.63) is 42.1 Å². The smallest absolute Gasteiger partial charge is 0.163 e. The summed E-state index contributed by atoms with van der Waals surface area (Å²) in [6.45, 7) is 0. The summed E-state index contributed by atoms with van der Waals surface area (Å²) in [6.07, 6.45) is 7.35. The van der Waals surface area contributed by atoms with E-state index in [1.807, 2.05) is 30.3 Å². The molecule has 0 spiro atoms. The molecule has 2 bridgehead atoms. The maximum Gasteiger partial charge on any atom is 0.163 e. The molecular weight excluding hydrogens is 260 g/mol. The van der Waals surface area contributed by atoms with Crippen LogP contribution >= 0.6 is 0 Å². The van der Waals surface area contributed by atoms with Gasteiger partial charge in [0.15, 0.2) is 5.78 Å². The maximum atomic E-state index is 12.7. The molecule has 1 aromatic heterocycles. The lowest BCUT2D eigenvalue weighted by Crippen LogP contribution is -2.38. The molecule has 2 aliphatic rings. The van der Waals surface area contributed by atoms with Crippen molar-refractivity contribution in [1.82, 2.24) is 10.3 Å². The molecule has 2 atom stereocenters. The summed E-state index contributed by atoms with van der Waals surface area (Å²) in [6, 6.07) is 11.1. The highest BCUT2D eigenvalue weighted by atomic mass is 16.1. The molecule has 2 aromatic rings. The molecule has 21 heavy (non-hydrogen) atoms. The first-order valence-corrected chi connectivity index (χ1v) is 7.92. The standard InChI is InChI=1S/C18H20N2O/c21-18(11-12-9-13-6-7-14(10-12)20-13)16-3-1-5-17-15(16)4-2-8-19-17/h1-5,8,12-14,20H,6-7,9-11H2. The number of ketones is 1. The van der Waals surface area contributed by atoms with Crippen LogP contribution < -0.4 is 5.32 Å². The van der Waals surface area contributed by atoms with Crippen LogP contribution in [0.1, 0.15) is 42.5 Å². The normalized spacial score (nSPS) is 27.9. The second-order valence-electron chi connectivity index (χ2n) is 6.48. The van der Waals surface area contributed by atoms with Crippen LogP contribution in [0.2, 0.25) is 0 Å². The quantitative estimate of drug-likeness (QED) is 0.877. The van der Waals surface area contributed by atoms with Crippen molar-refractivity contribution in [2.24, 2.45) is 5.92 Å². The first-order valence-electron chi connectivity index (χ1n) is 7.92. The third kappa shape index (κ3) is 2.46. The molecule has 1 N–H and O–H groups in total. The lowest BCUT2D eigenvalue weighted by atomic mass is 9.86. The predicted octanol–water partition coefficient (Wildman–Crippen LogP) is 3.34. The minimum Gasteiger partial charge on any atom is -0.311 e. The third-order valence-corrected chi connectivity index (χ3v) is 4.99. The average Bonchev–Trinajstić information content (AvgIpc) is 2.85. The molecule has 4 rings (SSSR count). The van der Waals surface area contributed by atoms with Gasteiger partial charge in [0.1, 0.15) is 0 Å². The summed E-state index contributed by atoms with van der Waals surface area (Å²) >= 11 is 0. The number of nitrogens with zero attached hydrogens (tertiary/aromatic N) is 1. The van der Waals surface area contributed by atoms with Gasteiger partial charge in [-0.05, 0) is 43.7 Å². The molecule has 3 heteroatoms. The van der Waals surface area contributed by atoms with Crippen molar-refractivity contribution in [1.29, 1.82) is 0 Å². The summed E-state index contributed by atoms with van der Waals surface area (Å²) < 4.78 is 0. The highest BCUT2D eigenvalue weighted by Crippen LogP contribution is 2.33. The molecule has 2 aliphatic heterocycles. The summed E-state index contributed by atoms with van der Waals surface area (Å²) in [5, 5.41) is 4.63. The van der Waals surface area contributed by atoms with Crippen molar-refractivity contribution in [3.63, 3.8) is 0 Å². The van der Waals surface area contributed by atoms with E-state index in [9.17, 15) is 4.79 Å². The van der Waals surface area contributed by atoms with Crippen molar-refractivity contribution >= 4 is 16.7 Å². The average molecular weight is 280 g/mol. The molecule has 2 fully saturated rings. The first kappa shape index (κ1) is 13.0. The van der Waals surface area contributed by atoms with E-state index in [2.05, 4.69) is 10.3 Å². The Morgan fingerprint density at radius 3 is 2.76 bits per heavy atom. The Kier molecular flexibility index (Phi) is 3.23. The number of aromatic nitrogens is 1. The topological polar surface area (TPSA) is 42.0 Å². The van der Waals surface area contributed by atoms with Crippen molar-refractivity contribution in [2.45, 2.75) is 44.2 Å². The van der Waals surface area contributed by atoms with E-state index < -0.39 is 0 Å². The van der Waals surface area contributed by atoms with Crippen LogP contribution in [0.3, 0.4) is 0 Å². The Labute approximate surface area is 124 Å².